The van der Waals surface area contributed by atoms with Crippen molar-refractivity contribution < 1.29 is 9.90 Å². The molecule has 3 heterocycles. The first-order valence-corrected chi connectivity index (χ1v) is 21.3. The number of para-hydroxylation sites is 3. The van der Waals surface area contributed by atoms with Crippen LogP contribution in [0.4, 0.5) is 17.1 Å². The number of benzene rings is 5. The molecular formula is C52H43N3O2S2. The Morgan fingerprint density at radius 1 is 0.576 bits per heavy atom. The SMILES string of the molecule is CC(C)c1cccc(C(C)C)c1-n1c(-c2ccc(-c3ccc(/C=C(\C#N)C(=O)O)cc3)s2)ccc1-c1ccc(-c2ccc(N(c3ccccc3)c3ccccc3)cc2)s1. The maximum atomic E-state index is 11.4. The van der Waals surface area contributed by atoms with Crippen LogP contribution in [0.25, 0.3) is 53.8 Å². The summed E-state index contributed by atoms with van der Waals surface area (Å²) in [5.41, 5.74) is 12.0. The summed E-state index contributed by atoms with van der Waals surface area (Å²) in [4.78, 5) is 18.3. The largest absolute Gasteiger partial charge is 0.477 e. The molecular weight excluding hydrogens is 763 g/mol. The summed E-state index contributed by atoms with van der Waals surface area (Å²) in [5.74, 6) is -0.613. The van der Waals surface area contributed by atoms with Crippen molar-refractivity contribution in [3.63, 3.8) is 0 Å². The maximum Gasteiger partial charge on any atom is 0.346 e. The van der Waals surface area contributed by atoms with Crippen molar-refractivity contribution in [2.45, 2.75) is 39.5 Å². The number of carbonyl (C=O) groups is 1. The molecule has 0 spiro atoms. The van der Waals surface area contributed by atoms with Gasteiger partial charge in [0.1, 0.15) is 11.6 Å². The number of aliphatic carboxylic acids is 1. The topological polar surface area (TPSA) is 69.3 Å². The highest BCUT2D eigenvalue weighted by Gasteiger charge is 2.24. The number of anilines is 3. The molecule has 0 saturated heterocycles. The molecule has 0 unspecified atom stereocenters. The molecule has 0 radical (unpaired) electrons. The van der Waals surface area contributed by atoms with Crippen molar-refractivity contribution in [3.8, 4) is 53.8 Å². The van der Waals surface area contributed by atoms with Gasteiger partial charge in [-0.2, -0.15) is 5.26 Å². The molecule has 8 rings (SSSR count). The highest BCUT2D eigenvalue weighted by molar-refractivity contribution is 7.19. The lowest BCUT2D eigenvalue weighted by molar-refractivity contribution is -0.132. The van der Waals surface area contributed by atoms with E-state index < -0.39 is 5.97 Å². The second-order valence-corrected chi connectivity index (χ2v) is 17.2. The summed E-state index contributed by atoms with van der Waals surface area (Å²) in [5, 5.41) is 18.5. The van der Waals surface area contributed by atoms with Crippen LogP contribution >= 0.6 is 22.7 Å². The van der Waals surface area contributed by atoms with Crippen LogP contribution in [0.2, 0.25) is 0 Å². The maximum absolute atomic E-state index is 11.4. The molecule has 1 N–H and O–H groups in total. The molecule has 7 heteroatoms. The van der Waals surface area contributed by atoms with Crippen LogP contribution in [0.15, 0.2) is 169 Å². The summed E-state index contributed by atoms with van der Waals surface area (Å²) in [6.07, 6.45) is 1.40. The van der Waals surface area contributed by atoms with E-state index in [9.17, 15) is 15.2 Å². The number of nitrogens with zero attached hydrogens (tertiary/aromatic N) is 3. The molecule has 5 aromatic carbocycles. The molecule has 0 fully saturated rings. The van der Waals surface area contributed by atoms with E-state index in [1.54, 1.807) is 17.4 Å². The molecule has 0 aliphatic heterocycles. The second kappa shape index (κ2) is 17.0. The van der Waals surface area contributed by atoms with Crippen molar-refractivity contribution in [3.05, 3.63) is 186 Å². The van der Waals surface area contributed by atoms with Gasteiger partial charge in [0.05, 0.1) is 26.8 Å². The van der Waals surface area contributed by atoms with Crippen molar-refractivity contribution in [2.75, 3.05) is 4.90 Å². The fourth-order valence-electron chi connectivity index (χ4n) is 7.52. The Balaban J connectivity index is 1.19. The van der Waals surface area contributed by atoms with Gasteiger partial charge in [-0.05, 0) is 119 Å². The van der Waals surface area contributed by atoms with E-state index in [1.165, 1.54) is 38.2 Å². The predicted molar refractivity (Wildman–Crippen MR) is 247 cm³/mol. The zero-order valence-corrected chi connectivity index (χ0v) is 35.0. The molecule has 290 valence electrons. The van der Waals surface area contributed by atoms with Crippen LogP contribution in [0.5, 0.6) is 0 Å². The van der Waals surface area contributed by atoms with E-state index in [1.807, 2.05) is 47.7 Å². The first-order valence-electron chi connectivity index (χ1n) is 19.7. The van der Waals surface area contributed by atoms with Gasteiger partial charge < -0.3 is 14.6 Å². The summed E-state index contributed by atoms with van der Waals surface area (Å²) in [6.45, 7) is 9.09. The Kier molecular flexibility index (Phi) is 11.3. The van der Waals surface area contributed by atoms with Crippen molar-refractivity contribution in [2.24, 2.45) is 0 Å². The Hall–Kier alpha value is -6.72. The molecule has 0 aliphatic rings. The molecule has 0 saturated carbocycles. The van der Waals surface area contributed by atoms with Gasteiger partial charge >= 0.3 is 5.97 Å². The van der Waals surface area contributed by atoms with Crippen LogP contribution < -0.4 is 4.90 Å². The number of hydrogen-bond acceptors (Lipinski definition) is 5. The van der Waals surface area contributed by atoms with Gasteiger partial charge in [-0.1, -0.05) is 119 Å². The molecule has 0 aliphatic carbocycles. The van der Waals surface area contributed by atoms with Crippen LogP contribution in [-0.4, -0.2) is 15.6 Å². The number of nitriles is 1. The minimum absolute atomic E-state index is 0.292. The van der Waals surface area contributed by atoms with E-state index >= 15 is 0 Å². The van der Waals surface area contributed by atoms with Crippen molar-refractivity contribution >= 4 is 51.8 Å². The van der Waals surface area contributed by atoms with Gasteiger partial charge in [0.2, 0.25) is 0 Å². The minimum atomic E-state index is -1.23. The first-order chi connectivity index (χ1) is 28.7. The lowest BCUT2D eigenvalue weighted by Gasteiger charge is -2.25. The third kappa shape index (κ3) is 8.06. The second-order valence-electron chi connectivity index (χ2n) is 15.0. The standard InChI is InChI=1S/C52H43N3O2S2/c1-34(2)43-16-11-17-44(35(3)4)51(43)55-45(49-30-28-47(58-49)37-20-18-36(19-21-37)32-39(33-53)52(56)57)26-27-46(55)50-31-29-48(59-50)38-22-24-42(25-23-38)54(40-12-7-5-8-13-40)41-14-9-6-10-15-41/h5-32,34-35H,1-4H3,(H,56,57)/b39-32+. The van der Waals surface area contributed by atoms with Crippen LogP contribution in [0.3, 0.4) is 0 Å². The number of thiophene rings is 2. The quantitative estimate of drug-likeness (QED) is 0.0986. The van der Waals surface area contributed by atoms with E-state index in [-0.39, 0.29) is 5.57 Å². The average Bonchev–Trinajstić information content (AvgIpc) is 4.05. The van der Waals surface area contributed by atoms with Gasteiger partial charge in [-0.3, -0.25) is 0 Å². The third-order valence-electron chi connectivity index (χ3n) is 10.5. The van der Waals surface area contributed by atoms with Crippen LogP contribution in [0.1, 0.15) is 56.2 Å². The van der Waals surface area contributed by atoms with Crippen molar-refractivity contribution in [1.82, 2.24) is 4.57 Å². The Morgan fingerprint density at radius 2 is 1.02 bits per heavy atom. The number of rotatable bonds is 12. The van der Waals surface area contributed by atoms with E-state index in [0.29, 0.717) is 17.4 Å². The number of hydrogen-bond donors (Lipinski definition) is 1. The van der Waals surface area contributed by atoms with Gasteiger partial charge in [0.15, 0.2) is 0 Å². The Morgan fingerprint density at radius 3 is 1.46 bits per heavy atom. The fourth-order valence-corrected chi connectivity index (χ4v) is 9.58. The van der Waals surface area contributed by atoms with Gasteiger partial charge in [-0.15, -0.1) is 22.7 Å². The average molecular weight is 806 g/mol. The molecule has 8 aromatic rings. The summed E-state index contributed by atoms with van der Waals surface area (Å²) in [6, 6.07) is 59.4. The zero-order valence-electron chi connectivity index (χ0n) is 33.3. The molecule has 0 amide bonds. The van der Waals surface area contributed by atoms with Crippen molar-refractivity contribution in [1.29, 1.82) is 5.26 Å². The lowest BCUT2D eigenvalue weighted by Crippen LogP contribution is -2.09. The molecule has 0 atom stereocenters. The zero-order chi connectivity index (χ0) is 41.0. The highest BCUT2D eigenvalue weighted by atomic mass is 32.1. The van der Waals surface area contributed by atoms with E-state index in [2.05, 4.69) is 165 Å². The third-order valence-corrected chi connectivity index (χ3v) is 12.8. The van der Waals surface area contributed by atoms with E-state index in [0.717, 1.165) is 43.8 Å². The molecule has 59 heavy (non-hydrogen) atoms. The predicted octanol–water partition coefficient (Wildman–Crippen LogP) is 15.0. The smallest absolute Gasteiger partial charge is 0.346 e. The van der Waals surface area contributed by atoms with E-state index in [4.69, 9.17) is 0 Å². The molecule has 5 nitrogen and oxygen atoms in total. The normalized spacial score (nSPS) is 11.6. The summed E-state index contributed by atoms with van der Waals surface area (Å²) < 4.78 is 2.49. The van der Waals surface area contributed by atoms with Gasteiger partial charge in [-0.25, -0.2) is 4.79 Å². The number of aromatic nitrogens is 1. The lowest BCUT2D eigenvalue weighted by atomic mass is 9.92. The summed E-state index contributed by atoms with van der Waals surface area (Å²) in [7, 11) is 0. The van der Waals surface area contributed by atoms with Gasteiger partial charge in [0.25, 0.3) is 0 Å². The fraction of sp³-hybridized carbons (Fsp3) is 0.115. The minimum Gasteiger partial charge on any atom is -0.477 e. The monoisotopic (exact) mass is 805 g/mol. The number of carboxylic acid groups (broad SMARTS) is 1. The Bertz CT molecular complexity index is 2740. The highest BCUT2D eigenvalue weighted by Crippen LogP contribution is 2.45. The van der Waals surface area contributed by atoms with Crippen LogP contribution in [-0.2, 0) is 4.79 Å². The Labute approximate surface area is 354 Å². The van der Waals surface area contributed by atoms with Gasteiger partial charge in [0, 0.05) is 26.8 Å². The molecule has 0 bridgehead atoms. The number of carboxylic acids is 1. The van der Waals surface area contributed by atoms with Crippen LogP contribution in [0, 0.1) is 11.3 Å². The summed E-state index contributed by atoms with van der Waals surface area (Å²) >= 11 is 3.54. The molecule has 3 aromatic heterocycles. The first kappa shape index (κ1) is 39.1.